The Balaban J connectivity index is 1.48. The summed E-state index contributed by atoms with van der Waals surface area (Å²) < 4.78 is 95.7. The molecule has 0 spiro atoms. The van der Waals surface area contributed by atoms with Crippen LogP contribution in [0, 0.1) is 18.6 Å². The number of rotatable bonds is 3. The fraction of sp³-hybridized carbons (Fsp3) is 0.216. The lowest BCUT2D eigenvalue weighted by Gasteiger charge is -2.22. The Bertz CT molecular complexity index is 2300. The minimum absolute atomic E-state index is 0.234. The molecule has 204 valence electrons. The quantitative estimate of drug-likeness (QED) is 0.200. The molecule has 1 aliphatic carbocycles. The summed E-state index contributed by atoms with van der Waals surface area (Å²) in [5, 5.41) is 1.27. The van der Waals surface area contributed by atoms with Gasteiger partial charge < -0.3 is 4.42 Å². The highest BCUT2D eigenvalue weighted by Crippen LogP contribution is 2.50. The molecule has 0 saturated heterocycles. The summed E-state index contributed by atoms with van der Waals surface area (Å²) in [6, 6.07) is 21.9. The highest BCUT2D eigenvalue weighted by atomic mass is 19.1. The molecule has 4 aromatic carbocycles. The zero-order valence-corrected chi connectivity index (χ0v) is 23.1. The van der Waals surface area contributed by atoms with Crippen molar-refractivity contribution in [1.82, 2.24) is 0 Å². The SMILES string of the molecule is [2H]C([2H])([2H])C([2H])(c1cc(-c2c(C)ccc3c2oc2c(-c4ccc5c(c4)C(C)(C)c4ccccc4-5)c(F)ccc23)[n+](C)cc1F)C([2H])([2H])[2H]. The molecule has 0 unspecified atom stereocenters. The second-order valence-electron chi connectivity index (χ2n) is 11.4. The molecule has 2 aromatic heterocycles. The Hall–Kier alpha value is -4.31. The third kappa shape index (κ3) is 3.63. The van der Waals surface area contributed by atoms with Gasteiger partial charge in [-0.25, -0.2) is 8.78 Å². The lowest BCUT2D eigenvalue weighted by molar-refractivity contribution is -0.662. The predicted molar refractivity (Wildman–Crippen MR) is 162 cm³/mol. The van der Waals surface area contributed by atoms with Gasteiger partial charge in [-0.3, -0.25) is 0 Å². The third-order valence-electron chi connectivity index (χ3n) is 8.59. The second-order valence-corrected chi connectivity index (χ2v) is 11.4. The molecule has 0 saturated carbocycles. The number of nitrogens with zero attached hydrogens (tertiary/aromatic N) is 1. The van der Waals surface area contributed by atoms with Gasteiger partial charge in [-0.15, -0.1) is 0 Å². The van der Waals surface area contributed by atoms with Crippen LogP contribution in [0.2, 0.25) is 0 Å². The average molecular weight is 552 g/mol. The zero-order chi connectivity index (χ0) is 34.7. The molecule has 4 heteroatoms. The first-order chi connectivity index (χ1) is 22.4. The van der Waals surface area contributed by atoms with Crippen LogP contribution in [0.1, 0.15) is 65.3 Å². The minimum Gasteiger partial charge on any atom is -0.454 e. The summed E-state index contributed by atoms with van der Waals surface area (Å²) in [7, 11) is 1.54. The van der Waals surface area contributed by atoms with Crippen LogP contribution in [0.5, 0.6) is 0 Å². The van der Waals surface area contributed by atoms with Crippen LogP contribution in [-0.4, -0.2) is 0 Å². The van der Waals surface area contributed by atoms with Crippen LogP contribution >= 0.6 is 0 Å². The van der Waals surface area contributed by atoms with Crippen molar-refractivity contribution in [2.75, 3.05) is 0 Å². The van der Waals surface area contributed by atoms with E-state index in [1.165, 1.54) is 23.2 Å². The summed E-state index contributed by atoms with van der Waals surface area (Å²) in [5.41, 5.74) is 6.28. The summed E-state index contributed by atoms with van der Waals surface area (Å²) in [6.45, 7) is -0.677. The molecular weight excluding hydrogens is 512 g/mol. The molecule has 0 aliphatic heterocycles. The highest BCUT2D eigenvalue weighted by molar-refractivity contribution is 6.13. The summed E-state index contributed by atoms with van der Waals surface area (Å²) >= 11 is 0. The Morgan fingerprint density at radius 1 is 0.829 bits per heavy atom. The van der Waals surface area contributed by atoms with Gasteiger partial charge in [0.05, 0.1) is 11.1 Å². The van der Waals surface area contributed by atoms with Gasteiger partial charge in [0.1, 0.15) is 24.0 Å². The molecular formula is C37H32F2NO+. The van der Waals surface area contributed by atoms with Gasteiger partial charge in [-0.2, -0.15) is 4.57 Å². The smallest absolute Gasteiger partial charge is 0.216 e. The van der Waals surface area contributed by atoms with E-state index in [4.69, 9.17) is 14.0 Å². The molecule has 0 fully saturated rings. The number of pyridine rings is 1. The van der Waals surface area contributed by atoms with E-state index in [0.717, 1.165) is 29.0 Å². The second kappa shape index (κ2) is 8.84. The first kappa shape index (κ1) is 18.9. The molecule has 0 N–H and O–H groups in total. The Morgan fingerprint density at radius 3 is 2.32 bits per heavy atom. The van der Waals surface area contributed by atoms with Crippen molar-refractivity contribution in [2.24, 2.45) is 7.05 Å². The summed E-state index contributed by atoms with van der Waals surface area (Å²) in [6.07, 6.45) is 0.974. The van der Waals surface area contributed by atoms with Crippen LogP contribution in [0.4, 0.5) is 8.78 Å². The normalized spacial score (nSPS) is 17.2. The lowest BCUT2D eigenvalue weighted by atomic mass is 9.81. The Morgan fingerprint density at radius 2 is 1.54 bits per heavy atom. The van der Waals surface area contributed by atoms with E-state index in [-0.39, 0.29) is 16.7 Å². The molecule has 2 nitrogen and oxygen atoms in total. The van der Waals surface area contributed by atoms with Gasteiger partial charge in [0.15, 0.2) is 5.82 Å². The fourth-order valence-electron chi connectivity index (χ4n) is 6.48. The van der Waals surface area contributed by atoms with E-state index in [9.17, 15) is 0 Å². The first-order valence-electron chi connectivity index (χ1n) is 17.0. The predicted octanol–water partition coefficient (Wildman–Crippen LogP) is 9.76. The standard InChI is InChI=1S/C37H32F2NO/c1-20(2)27-18-32(40(6)19-31(27)39)33-21(3)11-13-25-26-15-16-30(38)34(36(26)41-35(25)33)22-12-14-24-23-9-7-8-10-28(23)37(4,5)29(24)17-22/h7-20H,1-6H3/q+1/i1D3,2D3,20D. The topological polar surface area (TPSA) is 17.0 Å². The zero-order valence-electron chi connectivity index (χ0n) is 30.1. The molecule has 6 aromatic rings. The average Bonchev–Trinajstić information content (AvgIpc) is 3.48. The van der Waals surface area contributed by atoms with Gasteiger partial charge >= 0.3 is 0 Å². The Kier molecular flexibility index (Phi) is 4.08. The monoisotopic (exact) mass is 551 g/mol. The van der Waals surface area contributed by atoms with Gasteiger partial charge in [0.25, 0.3) is 0 Å². The molecule has 2 heterocycles. The van der Waals surface area contributed by atoms with E-state index >= 15 is 8.78 Å². The van der Waals surface area contributed by atoms with E-state index in [2.05, 4.69) is 26.0 Å². The number of halogens is 2. The van der Waals surface area contributed by atoms with Crippen molar-refractivity contribution in [3.63, 3.8) is 0 Å². The third-order valence-corrected chi connectivity index (χ3v) is 8.59. The molecule has 0 atom stereocenters. The largest absolute Gasteiger partial charge is 0.454 e. The van der Waals surface area contributed by atoms with Crippen LogP contribution < -0.4 is 4.57 Å². The van der Waals surface area contributed by atoms with Crippen molar-refractivity contribution in [1.29, 1.82) is 0 Å². The van der Waals surface area contributed by atoms with E-state index < -0.39 is 36.8 Å². The van der Waals surface area contributed by atoms with Crippen molar-refractivity contribution < 1.29 is 27.4 Å². The summed E-state index contributed by atoms with van der Waals surface area (Å²) in [5.74, 6) is -4.86. The van der Waals surface area contributed by atoms with E-state index in [0.29, 0.717) is 38.6 Å². The minimum atomic E-state index is -3.38. The van der Waals surface area contributed by atoms with Gasteiger partial charge in [0, 0.05) is 37.4 Å². The molecule has 7 rings (SSSR count). The molecule has 0 bridgehead atoms. The van der Waals surface area contributed by atoms with Crippen LogP contribution in [0.15, 0.2) is 83.4 Å². The molecule has 1 aliphatic rings. The van der Waals surface area contributed by atoms with Crippen LogP contribution in [0.3, 0.4) is 0 Å². The van der Waals surface area contributed by atoms with E-state index in [1.54, 1.807) is 13.0 Å². The molecule has 0 amide bonds. The number of furan rings is 1. The first-order valence-corrected chi connectivity index (χ1v) is 13.5. The van der Waals surface area contributed by atoms with E-state index in [1.807, 2.05) is 42.5 Å². The van der Waals surface area contributed by atoms with Gasteiger partial charge in [-0.1, -0.05) is 76.1 Å². The maximum atomic E-state index is 15.9. The number of hydrogen-bond acceptors (Lipinski definition) is 1. The fourth-order valence-corrected chi connectivity index (χ4v) is 6.48. The number of aromatic nitrogens is 1. The van der Waals surface area contributed by atoms with Crippen molar-refractivity contribution in [3.05, 3.63) is 113 Å². The van der Waals surface area contributed by atoms with Crippen LogP contribution in [0.25, 0.3) is 55.4 Å². The van der Waals surface area contributed by atoms with Gasteiger partial charge in [0.2, 0.25) is 11.9 Å². The number of benzene rings is 4. The number of hydrogen-bond donors (Lipinski definition) is 0. The van der Waals surface area contributed by atoms with Crippen molar-refractivity contribution in [2.45, 2.75) is 45.8 Å². The maximum Gasteiger partial charge on any atom is 0.216 e. The lowest BCUT2D eigenvalue weighted by Crippen LogP contribution is -2.32. The summed E-state index contributed by atoms with van der Waals surface area (Å²) in [4.78, 5) is 0. The van der Waals surface area contributed by atoms with Crippen molar-refractivity contribution in [3.8, 4) is 33.5 Å². The van der Waals surface area contributed by atoms with Crippen LogP contribution in [-0.2, 0) is 12.5 Å². The number of aryl methyl sites for hydroxylation is 2. The molecule has 41 heavy (non-hydrogen) atoms. The highest BCUT2D eigenvalue weighted by Gasteiger charge is 2.35. The molecule has 0 radical (unpaired) electrons. The maximum absolute atomic E-state index is 15.9. The van der Waals surface area contributed by atoms with Gasteiger partial charge in [-0.05, 0) is 64.4 Å². The Labute approximate surface area is 248 Å². The number of fused-ring (bicyclic) bond motifs is 6. The van der Waals surface area contributed by atoms with Crippen molar-refractivity contribution >= 4 is 21.9 Å².